The molecule has 0 saturated heterocycles. The molecule has 0 atom stereocenters. The van der Waals surface area contributed by atoms with Gasteiger partial charge < -0.3 is 5.73 Å². The number of sulfonamides is 1. The van der Waals surface area contributed by atoms with Gasteiger partial charge in [0.2, 0.25) is 10.0 Å². The lowest BCUT2D eigenvalue weighted by Crippen LogP contribution is -2.25. The fraction of sp³-hybridized carbons (Fsp3) is 0.273. The highest BCUT2D eigenvalue weighted by Gasteiger charge is 2.18. The zero-order chi connectivity index (χ0) is 13.1. The van der Waals surface area contributed by atoms with Gasteiger partial charge in [-0.05, 0) is 24.6 Å². The van der Waals surface area contributed by atoms with Crippen molar-refractivity contribution in [1.82, 2.24) is 4.72 Å². The van der Waals surface area contributed by atoms with Crippen molar-refractivity contribution in [2.45, 2.75) is 18.2 Å². The highest BCUT2D eigenvalue weighted by Crippen LogP contribution is 2.21. The van der Waals surface area contributed by atoms with E-state index < -0.39 is 15.8 Å². The van der Waals surface area contributed by atoms with Crippen LogP contribution in [-0.4, -0.2) is 15.0 Å². The summed E-state index contributed by atoms with van der Waals surface area (Å²) in [6, 6.07) is 2.19. The summed E-state index contributed by atoms with van der Waals surface area (Å²) in [5.74, 6) is 1.68. The molecule has 3 N–H and O–H groups in total. The van der Waals surface area contributed by atoms with Gasteiger partial charge in [-0.3, -0.25) is 0 Å². The molecule has 92 valence electrons. The van der Waals surface area contributed by atoms with Gasteiger partial charge in [0, 0.05) is 13.0 Å². The van der Waals surface area contributed by atoms with E-state index in [0.717, 1.165) is 12.1 Å². The topological polar surface area (TPSA) is 72.2 Å². The van der Waals surface area contributed by atoms with Gasteiger partial charge in [0.15, 0.2) is 0 Å². The molecule has 0 unspecified atom stereocenters. The van der Waals surface area contributed by atoms with Crippen molar-refractivity contribution in [3.63, 3.8) is 0 Å². The van der Waals surface area contributed by atoms with Crippen LogP contribution < -0.4 is 10.5 Å². The smallest absolute Gasteiger partial charge is 0.240 e. The number of hydrogen-bond acceptors (Lipinski definition) is 3. The molecule has 17 heavy (non-hydrogen) atoms. The van der Waals surface area contributed by atoms with Crippen molar-refractivity contribution in [3.8, 4) is 12.3 Å². The van der Waals surface area contributed by atoms with E-state index in [-0.39, 0.29) is 23.5 Å². The number of nitrogen functional groups attached to an aromatic ring is 1. The quantitative estimate of drug-likeness (QED) is 0.480. The normalized spacial score (nSPS) is 11.1. The van der Waals surface area contributed by atoms with Crippen LogP contribution in [0.15, 0.2) is 17.0 Å². The third-order valence-electron chi connectivity index (χ3n) is 2.15. The molecular formula is C11H13FN2O2S. The Bertz CT molecular complexity index is 562. The Morgan fingerprint density at radius 1 is 1.53 bits per heavy atom. The van der Waals surface area contributed by atoms with Crippen LogP contribution in [0.2, 0.25) is 0 Å². The minimum Gasteiger partial charge on any atom is -0.396 e. The second kappa shape index (κ2) is 5.17. The molecule has 0 aromatic heterocycles. The molecular weight excluding hydrogens is 243 g/mol. The van der Waals surface area contributed by atoms with Crippen LogP contribution in [0.25, 0.3) is 0 Å². The Kier molecular flexibility index (Phi) is 4.10. The van der Waals surface area contributed by atoms with Crippen LogP contribution in [0.4, 0.5) is 10.1 Å². The van der Waals surface area contributed by atoms with Crippen molar-refractivity contribution < 1.29 is 12.8 Å². The maximum absolute atomic E-state index is 13.1. The molecule has 0 fully saturated rings. The summed E-state index contributed by atoms with van der Waals surface area (Å²) < 4.78 is 39.1. The first-order chi connectivity index (χ1) is 7.88. The molecule has 0 heterocycles. The predicted molar refractivity (Wildman–Crippen MR) is 64.2 cm³/mol. The lowest BCUT2D eigenvalue weighted by molar-refractivity contribution is 0.581. The molecule has 0 amide bonds. The minimum absolute atomic E-state index is 0.0339. The second-order valence-corrected chi connectivity index (χ2v) is 5.23. The number of rotatable bonds is 4. The van der Waals surface area contributed by atoms with Crippen LogP contribution in [0.3, 0.4) is 0 Å². The summed E-state index contributed by atoms with van der Waals surface area (Å²) in [5.41, 5.74) is 5.44. The molecule has 0 aliphatic heterocycles. The molecule has 1 aromatic carbocycles. The summed E-state index contributed by atoms with van der Waals surface area (Å²) >= 11 is 0. The molecule has 0 aliphatic rings. The van der Waals surface area contributed by atoms with Gasteiger partial charge in [-0.2, -0.15) is 0 Å². The SMILES string of the molecule is C#CCCNS(=O)(=O)c1cc(N)c(F)cc1C. The molecule has 0 bridgehead atoms. The first kappa shape index (κ1) is 13.5. The number of benzene rings is 1. The second-order valence-electron chi connectivity index (χ2n) is 3.49. The first-order valence-corrected chi connectivity index (χ1v) is 6.35. The average Bonchev–Trinajstić information content (AvgIpc) is 2.23. The standard InChI is InChI=1S/C11H13FN2O2S/c1-3-4-5-14-17(15,16)11-7-10(13)9(12)6-8(11)2/h1,6-7,14H,4-5,13H2,2H3. The highest BCUT2D eigenvalue weighted by molar-refractivity contribution is 7.89. The van der Waals surface area contributed by atoms with E-state index in [4.69, 9.17) is 12.2 Å². The summed E-state index contributed by atoms with van der Waals surface area (Å²) in [7, 11) is -3.69. The molecule has 0 saturated carbocycles. The Labute approximate surface area is 100 Å². The molecule has 0 spiro atoms. The van der Waals surface area contributed by atoms with Gasteiger partial charge in [0.05, 0.1) is 10.6 Å². The molecule has 0 radical (unpaired) electrons. The lowest BCUT2D eigenvalue weighted by atomic mass is 10.2. The minimum atomic E-state index is -3.69. The number of aryl methyl sites for hydroxylation is 1. The largest absolute Gasteiger partial charge is 0.396 e. The molecule has 6 heteroatoms. The van der Waals surface area contributed by atoms with Gasteiger partial charge in [0.25, 0.3) is 0 Å². The number of nitrogens with one attached hydrogen (secondary N) is 1. The van der Waals surface area contributed by atoms with E-state index in [0.29, 0.717) is 5.56 Å². The monoisotopic (exact) mass is 256 g/mol. The van der Waals surface area contributed by atoms with Crippen molar-refractivity contribution in [1.29, 1.82) is 0 Å². The van der Waals surface area contributed by atoms with Crippen LogP contribution in [-0.2, 0) is 10.0 Å². The van der Waals surface area contributed by atoms with E-state index in [9.17, 15) is 12.8 Å². The average molecular weight is 256 g/mol. The highest BCUT2D eigenvalue weighted by atomic mass is 32.2. The lowest BCUT2D eigenvalue weighted by Gasteiger charge is -2.09. The maximum atomic E-state index is 13.1. The zero-order valence-corrected chi connectivity index (χ0v) is 10.1. The van der Waals surface area contributed by atoms with Crippen LogP contribution >= 0.6 is 0 Å². The van der Waals surface area contributed by atoms with Gasteiger partial charge >= 0.3 is 0 Å². The fourth-order valence-electron chi connectivity index (χ4n) is 1.29. The molecule has 1 rings (SSSR count). The summed E-state index contributed by atoms with van der Waals surface area (Å²) in [6.07, 6.45) is 5.30. The molecule has 0 aliphatic carbocycles. The van der Waals surface area contributed by atoms with Gasteiger partial charge in [0.1, 0.15) is 5.82 Å². The van der Waals surface area contributed by atoms with Crippen molar-refractivity contribution in [2.24, 2.45) is 0 Å². The zero-order valence-electron chi connectivity index (χ0n) is 9.33. The fourth-order valence-corrected chi connectivity index (χ4v) is 2.58. The Hall–Kier alpha value is -1.58. The first-order valence-electron chi connectivity index (χ1n) is 4.87. The maximum Gasteiger partial charge on any atom is 0.240 e. The van der Waals surface area contributed by atoms with Crippen molar-refractivity contribution in [2.75, 3.05) is 12.3 Å². The number of nitrogens with two attached hydrogens (primary N) is 1. The Morgan fingerprint density at radius 2 is 2.18 bits per heavy atom. The van der Waals surface area contributed by atoms with Gasteiger partial charge in [-0.1, -0.05) is 0 Å². The van der Waals surface area contributed by atoms with E-state index in [2.05, 4.69) is 10.6 Å². The van der Waals surface area contributed by atoms with Gasteiger partial charge in [-0.15, -0.1) is 12.3 Å². The van der Waals surface area contributed by atoms with E-state index in [1.165, 1.54) is 6.92 Å². The van der Waals surface area contributed by atoms with E-state index in [1.807, 2.05) is 0 Å². The number of halogens is 1. The van der Waals surface area contributed by atoms with Gasteiger partial charge in [-0.25, -0.2) is 17.5 Å². The van der Waals surface area contributed by atoms with Crippen molar-refractivity contribution >= 4 is 15.7 Å². The number of hydrogen-bond donors (Lipinski definition) is 2. The Morgan fingerprint density at radius 3 is 2.76 bits per heavy atom. The summed E-state index contributed by atoms with van der Waals surface area (Å²) in [5, 5.41) is 0. The summed E-state index contributed by atoms with van der Waals surface area (Å²) in [6.45, 7) is 1.63. The summed E-state index contributed by atoms with van der Waals surface area (Å²) in [4.78, 5) is -0.0339. The number of terminal acetylenes is 1. The third kappa shape index (κ3) is 3.19. The molecule has 4 nitrogen and oxygen atoms in total. The van der Waals surface area contributed by atoms with Crippen molar-refractivity contribution in [3.05, 3.63) is 23.5 Å². The van der Waals surface area contributed by atoms with Crippen LogP contribution in [0, 0.1) is 25.1 Å². The van der Waals surface area contributed by atoms with E-state index in [1.54, 1.807) is 0 Å². The predicted octanol–water partition coefficient (Wildman–Crippen LogP) is 1.02. The molecule has 1 aromatic rings. The third-order valence-corrected chi connectivity index (χ3v) is 3.75. The van der Waals surface area contributed by atoms with Crippen LogP contribution in [0.5, 0.6) is 0 Å². The van der Waals surface area contributed by atoms with Crippen LogP contribution in [0.1, 0.15) is 12.0 Å². The van der Waals surface area contributed by atoms with E-state index >= 15 is 0 Å². The number of anilines is 1. The Balaban J connectivity index is 3.08.